The molecule has 4 aromatic rings. The van der Waals surface area contributed by atoms with Crippen LogP contribution >= 0.6 is 0 Å². The zero-order valence-corrected chi connectivity index (χ0v) is 19.3. The number of rotatable bonds is 4. The average molecular weight is 456 g/mol. The molecule has 0 spiro atoms. The van der Waals surface area contributed by atoms with Crippen molar-refractivity contribution in [2.45, 2.75) is 24.8 Å². The first-order chi connectivity index (χ1) is 17.1. The average Bonchev–Trinajstić information content (AvgIpc) is 2.92. The summed E-state index contributed by atoms with van der Waals surface area (Å²) < 4.78 is 0. The molecule has 2 N–H and O–H groups in total. The van der Waals surface area contributed by atoms with Crippen LogP contribution in [-0.2, 0) is 11.2 Å². The highest BCUT2D eigenvalue weighted by molar-refractivity contribution is 6.32. The van der Waals surface area contributed by atoms with Crippen LogP contribution in [0.3, 0.4) is 0 Å². The van der Waals surface area contributed by atoms with Gasteiger partial charge >= 0.3 is 0 Å². The second-order valence-corrected chi connectivity index (χ2v) is 9.26. The van der Waals surface area contributed by atoms with Gasteiger partial charge in [-0.2, -0.15) is 0 Å². The zero-order chi connectivity index (χ0) is 23.9. The molecule has 35 heavy (non-hydrogen) atoms. The number of Topliss-reactive ketones (excluding diaryl/α,β-unsaturated/α-hetero) is 2. The number of benzene rings is 4. The van der Waals surface area contributed by atoms with Gasteiger partial charge in [0.1, 0.15) is 6.04 Å². The molecular formula is C32H25NO2. The van der Waals surface area contributed by atoms with E-state index in [2.05, 4.69) is 48.5 Å². The Kier molecular flexibility index (Phi) is 5.28. The highest BCUT2D eigenvalue weighted by atomic mass is 16.2. The number of nitrogens with two attached hydrogens (primary N) is 1. The zero-order valence-electron chi connectivity index (χ0n) is 19.3. The molecule has 0 radical (unpaired) electrons. The van der Waals surface area contributed by atoms with E-state index in [4.69, 9.17) is 5.73 Å². The molecule has 0 fully saturated rings. The second-order valence-electron chi connectivity index (χ2n) is 9.26. The van der Waals surface area contributed by atoms with Crippen LogP contribution in [0.2, 0.25) is 0 Å². The first-order valence-corrected chi connectivity index (χ1v) is 12.0. The highest BCUT2D eigenvalue weighted by Crippen LogP contribution is 2.33. The lowest BCUT2D eigenvalue weighted by atomic mass is 9.76. The van der Waals surface area contributed by atoms with Crippen LogP contribution < -0.4 is 16.2 Å². The number of hydrogen-bond acceptors (Lipinski definition) is 3. The lowest BCUT2D eigenvalue weighted by Gasteiger charge is -2.27. The van der Waals surface area contributed by atoms with Gasteiger partial charge in [-0.05, 0) is 50.4 Å². The van der Waals surface area contributed by atoms with Gasteiger partial charge in [-0.1, -0.05) is 103 Å². The molecule has 0 saturated carbocycles. The van der Waals surface area contributed by atoms with Crippen LogP contribution in [0, 0.1) is 10.4 Å². The molecule has 0 heterocycles. The van der Waals surface area contributed by atoms with Crippen LogP contribution in [0.4, 0.5) is 0 Å². The van der Waals surface area contributed by atoms with Crippen molar-refractivity contribution < 1.29 is 9.59 Å². The minimum atomic E-state index is -1.16. The number of aryl methyl sites for hydroxylation is 1. The van der Waals surface area contributed by atoms with Crippen LogP contribution in [0.25, 0.3) is 11.6 Å². The van der Waals surface area contributed by atoms with E-state index >= 15 is 0 Å². The molecule has 2 atom stereocenters. The molecule has 0 aromatic heterocycles. The van der Waals surface area contributed by atoms with Crippen molar-refractivity contribution in [2.75, 3.05) is 0 Å². The topological polar surface area (TPSA) is 60.2 Å². The van der Waals surface area contributed by atoms with Gasteiger partial charge in [-0.3, -0.25) is 9.59 Å². The van der Waals surface area contributed by atoms with Crippen LogP contribution in [0.5, 0.6) is 0 Å². The quantitative estimate of drug-likeness (QED) is 0.477. The van der Waals surface area contributed by atoms with E-state index in [0.29, 0.717) is 17.6 Å². The van der Waals surface area contributed by atoms with E-state index in [0.717, 1.165) is 44.0 Å². The molecule has 0 saturated heterocycles. The number of ketones is 2. The van der Waals surface area contributed by atoms with Gasteiger partial charge in [0, 0.05) is 17.1 Å². The SMILES string of the molecule is NC1C(=O)C(CCc2ccccc2)=c2ccc3c(c2C1=O)C(c1ccccc1)C=c1ccccc1=3. The van der Waals surface area contributed by atoms with Crippen molar-refractivity contribution in [3.8, 4) is 0 Å². The molecule has 2 aliphatic carbocycles. The Morgan fingerprint density at radius 3 is 2.06 bits per heavy atom. The molecular weight excluding hydrogens is 430 g/mol. The summed E-state index contributed by atoms with van der Waals surface area (Å²) in [6.45, 7) is 0. The third-order valence-corrected chi connectivity index (χ3v) is 7.25. The Balaban J connectivity index is 1.67. The summed E-state index contributed by atoms with van der Waals surface area (Å²) in [5.41, 5.74) is 10.8. The van der Waals surface area contributed by atoms with Crippen molar-refractivity contribution in [3.63, 3.8) is 0 Å². The third kappa shape index (κ3) is 3.56. The predicted molar refractivity (Wildman–Crippen MR) is 138 cm³/mol. The summed E-state index contributed by atoms with van der Waals surface area (Å²) in [6.07, 6.45) is 3.49. The van der Waals surface area contributed by atoms with Crippen LogP contribution in [0.15, 0.2) is 97.1 Å². The fourth-order valence-electron chi connectivity index (χ4n) is 5.54. The normalized spacial score (nSPS) is 18.4. The fourth-order valence-corrected chi connectivity index (χ4v) is 5.54. The Labute approximate surface area is 203 Å². The maximum absolute atomic E-state index is 13.6. The van der Waals surface area contributed by atoms with Crippen molar-refractivity contribution in [3.05, 3.63) is 140 Å². The minimum Gasteiger partial charge on any atom is -0.315 e. The number of carbonyl (C=O) groups excluding carboxylic acids is 2. The van der Waals surface area contributed by atoms with Crippen molar-refractivity contribution in [2.24, 2.45) is 5.73 Å². The summed E-state index contributed by atoms with van der Waals surface area (Å²) in [6, 6.07) is 31.5. The molecule has 0 aliphatic heterocycles. The first-order valence-electron chi connectivity index (χ1n) is 12.0. The van der Waals surface area contributed by atoms with Gasteiger partial charge in [0.05, 0.1) is 0 Å². The first kappa shape index (κ1) is 21.5. The van der Waals surface area contributed by atoms with E-state index in [-0.39, 0.29) is 17.5 Å². The van der Waals surface area contributed by atoms with Gasteiger partial charge in [0.15, 0.2) is 11.6 Å². The molecule has 6 rings (SSSR count). The monoisotopic (exact) mass is 455 g/mol. The summed E-state index contributed by atoms with van der Waals surface area (Å²) in [7, 11) is 0. The number of hydrogen-bond donors (Lipinski definition) is 1. The summed E-state index contributed by atoms with van der Waals surface area (Å²) >= 11 is 0. The van der Waals surface area contributed by atoms with E-state index in [9.17, 15) is 9.59 Å². The maximum atomic E-state index is 13.6. The molecule has 3 nitrogen and oxygen atoms in total. The van der Waals surface area contributed by atoms with Crippen molar-refractivity contribution in [1.82, 2.24) is 0 Å². The minimum absolute atomic E-state index is 0.101. The van der Waals surface area contributed by atoms with Gasteiger partial charge in [0.2, 0.25) is 0 Å². The highest BCUT2D eigenvalue weighted by Gasteiger charge is 2.36. The van der Waals surface area contributed by atoms with Crippen LogP contribution in [-0.4, -0.2) is 17.6 Å². The van der Waals surface area contributed by atoms with Gasteiger partial charge < -0.3 is 5.73 Å². The Morgan fingerprint density at radius 1 is 0.629 bits per heavy atom. The van der Waals surface area contributed by atoms with Gasteiger partial charge in [0.25, 0.3) is 0 Å². The van der Waals surface area contributed by atoms with E-state index < -0.39 is 6.04 Å². The molecule has 2 aliphatic rings. The lowest BCUT2D eigenvalue weighted by molar-refractivity contribution is -0.114. The summed E-state index contributed by atoms with van der Waals surface area (Å²) in [5.74, 6) is -0.635. The molecule has 4 aromatic carbocycles. The molecule has 2 unspecified atom stereocenters. The van der Waals surface area contributed by atoms with E-state index in [1.54, 1.807) is 0 Å². The third-order valence-electron chi connectivity index (χ3n) is 7.25. The second kappa shape index (κ2) is 8.61. The van der Waals surface area contributed by atoms with Crippen LogP contribution in [0.1, 0.15) is 39.4 Å². The number of carbonyl (C=O) groups is 2. The summed E-state index contributed by atoms with van der Waals surface area (Å²) in [4.78, 5) is 26.9. The summed E-state index contributed by atoms with van der Waals surface area (Å²) in [5, 5.41) is 4.02. The standard InChI is InChI=1S/C32H25NO2/c33-30-31(34)26(16-15-20-9-3-1-4-10-20)25-18-17-24-23-14-8-7-13-22(23)19-27(21-11-5-2-6-12-21)28(24)29(25)32(30)35/h1-14,17-19,27,30H,15-16,33H2. The molecule has 0 bridgehead atoms. The van der Waals surface area contributed by atoms with E-state index in [1.165, 1.54) is 0 Å². The largest absolute Gasteiger partial charge is 0.315 e. The van der Waals surface area contributed by atoms with E-state index in [1.807, 2.05) is 54.6 Å². The Morgan fingerprint density at radius 2 is 1.29 bits per heavy atom. The lowest BCUT2D eigenvalue weighted by Crippen LogP contribution is -2.48. The molecule has 0 amide bonds. The Bertz CT molecular complexity index is 1690. The number of fused-ring (bicyclic) bond motifs is 4. The maximum Gasteiger partial charge on any atom is 0.188 e. The van der Waals surface area contributed by atoms with Gasteiger partial charge in [-0.15, -0.1) is 0 Å². The predicted octanol–water partition coefficient (Wildman–Crippen LogP) is 3.78. The molecule has 170 valence electrons. The van der Waals surface area contributed by atoms with Gasteiger partial charge in [-0.25, -0.2) is 0 Å². The molecule has 3 heteroatoms. The Hall–Kier alpha value is -4.08. The van der Waals surface area contributed by atoms with Crippen molar-refractivity contribution in [1.29, 1.82) is 0 Å². The van der Waals surface area contributed by atoms with Crippen molar-refractivity contribution >= 4 is 23.2 Å². The fraction of sp³-hybridized carbons (Fsp3) is 0.125. The smallest absolute Gasteiger partial charge is 0.188 e.